The Kier molecular flexibility index (Phi) is 3.37. The van der Waals surface area contributed by atoms with Crippen molar-refractivity contribution < 1.29 is 0 Å². The van der Waals surface area contributed by atoms with Crippen molar-refractivity contribution in [3.05, 3.63) is 36.0 Å². The lowest BCUT2D eigenvalue weighted by Crippen LogP contribution is -2.02. The van der Waals surface area contributed by atoms with Crippen LogP contribution in [0, 0.1) is 6.92 Å². The highest BCUT2D eigenvalue weighted by Gasteiger charge is 2.06. The lowest BCUT2D eigenvalue weighted by atomic mass is 10.2. The molecule has 17 heavy (non-hydrogen) atoms. The minimum Gasteiger partial charge on any atom is -0.366 e. The number of nitrogens with one attached hydrogen (secondary N) is 1. The molecule has 2 aromatic heterocycles. The molecule has 0 unspecified atom stereocenters. The standard InChI is InChI=1S/C12H17N5/c1-9(2)17-7-11(10(3)16-17)6-14-12-4-5-13-8-15-12/h4-5,7-9H,6H2,1-3H3,(H,13,14,15). The highest BCUT2D eigenvalue weighted by atomic mass is 15.3. The Morgan fingerprint density at radius 3 is 2.82 bits per heavy atom. The van der Waals surface area contributed by atoms with Gasteiger partial charge in [-0.1, -0.05) is 0 Å². The van der Waals surface area contributed by atoms with E-state index in [0.29, 0.717) is 6.04 Å². The second kappa shape index (κ2) is 4.95. The number of hydrogen-bond acceptors (Lipinski definition) is 4. The second-order valence-corrected chi connectivity index (χ2v) is 4.26. The molecule has 2 rings (SSSR count). The van der Waals surface area contributed by atoms with Gasteiger partial charge in [0.25, 0.3) is 0 Å². The van der Waals surface area contributed by atoms with E-state index in [2.05, 4.69) is 40.4 Å². The predicted molar refractivity (Wildman–Crippen MR) is 66.7 cm³/mol. The second-order valence-electron chi connectivity index (χ2n) is 4.26. The van der Waals surface area contributed by atoms with Crippen LogP contribution in [0.4, 0.5) is 5.82 Å². The molecular weight excluding hydrogens is 214 g/mol. The number of anilines is 1. The molecule has 0 aromatic carbocycles. The summed E-state index contributed by atoms with van der Waals surface area (Å²) in [6.07, 6.45) is 5.33. The summed E-state index contributed by atoms with van der Waals surface area (Å²) in [6, 6.07) is 2.24. The average molecular weight is 231 g/mol. The van der Waals surface area contributed by atoms with Crippen molar-refractivity contribution in [1.82, 2.24) is 19.7 Å². The summed E-state index contributed by atoms with van der Waals surface area (Å²) in [5, 5.41) is 7.72. The molecule has 1 N–H and O–H groups in total. The van der Waals surface area contributed by atoms with Gasteiger partial charge in [-0.25, -0.2) is 9.97 Å². The van der Waals surface area contributed by atoms with Crippen LogP contribution in [0.2, 0.25) is 0 Å². The summed E-state index contributed by atoms with van der Waals surface area (Å²) in [6.45, 7) is 6.99. The molecule has 0 aliphatic carbocycles. The molecule has 0 radical (unpaired) electrons. The van der Waals surface area contributed by atoms with Gasteiger partial charge in [-0.05, 0) is 26.8 Å². The Morgan fingerprint density at radius 2 is 2.24 bits per heavy atom. The van der Waals surface area contributed by atoms with Gasteiger partial charge in [-0.15, -0.1) is 0 Å². The number of hydrogen-bond donors (Lipinski definition) is 1. The highest BCUT2D eigenvalue weighted by molar-refractivity contribution is 5.33. The minimum absolute atomic E-state index is 0.390. The van der Waals surface area contributed by atoms with Crippen LogP contribution in [0.15, 0.2) is 24.8 Å². The molecule has 0 aliphatic heterocycles. The van der Waals surface area contributed by atoms with Gasteiger partial charge >= 0.3 is 0 Å². The Hall–Kier alpha value is -1.91. The molecule has 0 bridgehead atoms. The summed E-state index contributed by atoms with van der Waals surface area (Å²) < 4.78 is 1.98. The topological polar surface area (TPSA) is 55.6 Å². The molecule has 0 saturated carbocycles. The smallest absolute Gasteiger partial charge is 0.129 e. The maximum atomic E-state index is 4.47. The first-order valence-corrected chi connectivity index (χ1v) is 5.71. The van der Waals surface area contributed by atoms with Gasteiger partial charge in [-0.2, -0.15) is 5.10 Å². The summed E-state index contributed by atoms with van der Waals surface area (Å²) in [5.41, 5.74) is 2.25. The van der Waals surface area contributed by atoms with Crippen LogP contribution in [-0.4, -0.2) is 19.7 Å². The van der Waals surface area contributed by atoms with Crippen LogP contribution in [-0.2, 0) is 6.54 Å². The molecule has 2 heterocycles. The van der Waals surface area contributed by atoms with Crippen molar-refractivity contribution in [3.8, 4) is 0 Å². The lowest BCUT2D eigenvalue weighted by Gasteiger charge is -2.04. The van der Waals surface area contributed by atoms with Crippen LogP contribution >= 0.6 is 0 Å². The third-order valence-electron chi connectivity index (χ3n) is 2.59. The molecular formula is C12H17N5. The lowest BCUT2D eigenvalue weighted by molar-refractivity contribution is 0.529. The van der Waals surface area contributed by atoms with Gasteiger partial charge in [0.1, 0.15) is 12.1 Å². The number of nitrogens with zero attached hydrogens (tertiary/aromatic N) is 4. The zero-order valence-electron chi connectivity index (χ0n) is 10.4. The van der Waals surface area contributed by atoms with Crippen molar-refractivity contribution in [2.75, 3.05) is 5.32 Å². The van der Waals surface area contributed by atoms with Crippen molar-refractivity contribution in [1.29, 1.82) is 0 Å². The maximum Gasteiger partial charge on any atom is 0.129 e. The van der Waals surface area contributed by atoms with Gasteiger partial charge in [0, 0.05) is 30.5 Å². The normalized spacial score (nSPS) is 10.8. The number of aryl methyl sites for hydroxylation is 1. The Bertz CT molecular complexity index is 475. The van der Waals surface area contributed by atoms with E-state index in [1.54, 1.807) is 6.20 Å². The SMILES string of the molecule is Cc1nn(C(C)C)cc1CNc1ccncn1. The molecule has 90 valence electrons. The van der Waals surface area contributed by atoms with E-state index < -0.39 is 0 Å². The predicted octanol–water partition coefficient (Wildman–Crippen LogP) is 2.17. The Labute approximate surface area is 101 Å². The molecule has 5 heteroatoms. The molecule has 5 nitrogen and oxygen atoms in total. The van der Waals surface area contributed by atoms with E-state index in [1.165, 1.54) is 11.9 Å². The van der Waals surface area contributed by atoms with Gasteiger partial charge < -0.3 is 5.32 Å². The first kappa shape index (κ1) is 11.6. The van der Waals surface area contributed by atoms with E-state index in [-0.39, 0.29) is 0 Å². The summed E-state index contributed by atoms with van der Waals surface area (Å²) in [7, 11) is 0. The monoisotopic (exact) mass is 231 g/mol. The average Bonchev–Trinajstić information content (AvgIpc) is 2.70. The summed E-state index contributed by atoms with van der Waals surface area (Å²) >= 11 is 0. The van der Waals surface area contributed by atoms with E-state index in [1.807, 2.05) is 17.7 Å². The van der Waals surface area contributed by atoms with E-state index in [9.17, 15) is 0 Å². The van der Waals surface area contributed by atoms with E-state index >= 15 is 0 Å². The van der Waals surface area contributed by atoms with Crippen molar-refractivity contribution in [3.63, 3.8) is 0 Å². The zero-order valence-corrected chi connectivity index (χ0v) is 10.4. The van der Waals surface area contributed by atoms with Crippen LogP contribution in [0.1, 0.15) is 31.1 Å². The Balaban J connectivity index is 2.04. The third kappa shape index (κ3) is 2.81. The van der Waals surface area contributed by atoms with Crippen molar-refractivity contribution in [2.45, 2.75) is 33.4 Å². The molecule has 0 atom stereocenters. The fourth-order valence-corrected chi connectivity index (χ4v) is 1.54. The summed E-state index contributed by atoms with van der Waals surface area (Å²) in [5.74, 6) is 0.830. The third-order valence-corrected chi connectivity index (χ3v) is 2.59. The first-order valence-electron chi connectivity index (χ1n) is 5.71. The molecule has 0 amide bonds. The van der Waals surface area contributed by atoms with Crippen LogP contribution in [0.25, 0.3) is 0 Å². The van der Waals surface area contributed by atoms with Crippen LogP contribution in [0.5, 0.6) is 0 Å². The fourth-order valence-electron chi connectivity index (χ4n) is 1.54. The number of aromatic nitrogens is 4. The van der Waals surface area contributed by atoms with E-state index in [0.717, 1.165) is 18.1 Å². The molecule has 0 saturated heterocycles. The Morgan fingerprint density at radius 1 is 1.41 bits per heavy atom. The van der Waals surface area contributed by atoms with Gasteiger partial charge in [0.05, 0.1) is 5.69 Å². The van der Waals surface area contributed by atoms with Crippen molar-refractivity contribution >= 4 is 5.82 Å². The fraction of sp³-hybridized carbons (Fsp3) is 0.417. The van der Waals surface area contributed by atoms with E-state index in [4.69, 9.17) is 0 Å². The van der Waals surface area contributed by atoms with Gasteiger partial charge in [0.2, 0.25) is 0 Å². The first-order chi connectivity index (χ1) is 8.16. The van der Waals surface area contributed by atoms with Crippen LogP contribution < -0.4 is 5.32 Å². The number of rotatable bonds is 4. The van der Waals surface area contributed by atoms with Crippen molar-refractivity contribution in [2.24, 2.45) is 0 Å². The van der Waals surface area contributed by atoms with Gasteiger partial charge in [-0.3, -0.25) is 4.68 Å². The minimum atomic E-state index is 0.390. The van der Waals surface area contributed by atoms with Crippen LogP contribution in [0.3, 0.4) is 0 Å². The summed E-state index contributed by atoms with van der Waals surface area (Å²) in [4.78, 5) is 7.99. The molecule has 0 aliphatic rings. The largest absolute Gasteiger partial charge is 0.366 e. The molecule has 2 aromatic rings. The molecule has 0 spiro atoms. The quantitative estimate of drug-likeness (QED) is 0.876. The van der Waals surface area contributed by atoms with Gasteiger partial charge in [0.15, 0.2) is 0 Å². The molecule has 0 fully saturated rings. The zero-order chi connectivity index (χ0) is 12.3. The maximum absolute atomic E-state index is 4.47. The highest BCUT2D eigenvalue weighted by Crippen LogP contribution is 2.12.